The van der Waals surface area contributed by atoms with Gasteiger partial charge < -0.3 is 10.1 Å². The van der Waals surface area contributed by atoms with Crippen molar-refractivity contribution >= 4 is 50.5 Å². The zero-order chi connectivity index (χ0) is 22.3. The van der Waals surface area contributed by atoms with Crippen LogP contribution in [0, 0.1) is 0 Å². The number of rotatable bonds is 9. The van der Waals surface area contributed by atoms with Gasteiger partial charge in [0.1, 0.15) is 5.75 Å². The molecule has 0 bridgehead atoms. The third-order valence-electron chi connectivity index (χ3n) is 4.20. The van der Waals surface area contributed by atoms with E-state index in [1.807, 2.05) is 30.3 Å². The number of halogens is 2. The first-order chi connectivity index (χ1) is 14.8. The number of hydrogen-bond donors (Lipinski definition) is 2. The number of para-hydroxylation sites is 1. The molecule has 6 nitrogen and oxygen atoms in total. The van der Waals surface area contributed by atoms with Gasteiger partial charge in [0.15, 0.2) is 0 Å². The standard InChI is InChI=1S/C22H20Cl2N2O4S/c23-19-8-4-9-20(22(19)24)26-31(28,29)18-13-11-16(12-14-18)25-21(27)10-5-15-30-17-6-2-1-3-7-17/h1-4,6-9,11-14,26H,5,10,15H2,(H,25,27). The van der Waals surface area contributed by atoms with Gasteiger partial charge in [0.05, 0.1) is 27.2 Å². The number of benzene rings is 3. The SMILES string of the molecule is O=C(CCCOc1ccccc1)Nc1ccc(S(=O)(=O)Nc2cccc(Cl)c2Cl)cc1. The topological polar surface area (TPSA) is 84.5 Å². The van der Waals surface area contributed by atoms with Crippen LogP contribution in [0.25, 0.3) is 0 Å². The maximum absolute atomic E-state index is 12.6. The zero-order valence-corrected chi connectivity index (χ0v) is 18.7. The first kappa shape index (κ1) is 22.9. The van der Waals surface area contributed by atoms with Crippen LogP contribution in [-0.4, -0.2) is 20.9 Å². The van der Waals surface area contributed by atoms with Gasteiger partial charge in [0.25, 0.3) is 10.0 Å². The van der Waals surface area contributed by atoms with Crippen LogP contribution in [0.1, 0.15) is 12.8 Å². The van der Waals surface area contributed by atoms with E-state index in [4.69, 9.17) is 27.9 Å². The maximum Gasteiger partial charge on any atom is 0.261 e. The molecule has 2 N–H and O–H groups in total. The second kappa shape index (κ2) is 10.5. The van der Waals surface area contributed by atoms with Crippen molar-refractivity contribution in [1.29, 1.82) is 0 Å². The van der Waals surface area contributed by atoms with E-state index in [-0.39, 0.29) is 33.0 Å². The Balaban J connectivity index is 1.52. The Kier molecular flexibility index (Phi) is 7.79. The predicted octanol–water partition coefficient (Wildman–Crippen LogP) is 5.59. The summed E-state index contributed by atoms with van der Waals surface area (Å²) in [5.74, 6) is 0.573. The molecule has 0 fully saturated rings. The van der Waals surface area contributed by atoms with Crippen LogP contribution in [0.5, 0.6) is 5.75 Å². The number of carbonyl (C=O) groups excluding carboxylic acids is 1. The lowest BCUT2D eigenvalue weighted by Crippen LogP contribution is -2.14. The highest BCUT2D eigenvalue weighted by Gasteiger charge is 2.17. The number of amides is 1. The molecule has 0 saturated heterocycles. The van der Waals surface area contributed by atoms with Crippen molar-refractivity contribution in [2.24, 2.45) is 0 Å². The number of nitrogens with one attached hydrogen (secondary N) is 2. The molecule has 0 aromatic heterocycles. The van der Waals surface area contributed by atoms with E-state index < -0.39 is 10.0 Å². The van der Waals surface area contributed by atoms with E-state index >= 15 is 0 Å². The maximum atomic E-state index is 12.6. The van der Waals surface area contributed by atoms with E-state index in [0.29, 0.717) is 18.7 Å². The molecule has 0 aliphatic heterocycles. The molecular formula is C22H20Cl2N2O4S. The first-order valence-electron chi connectivity index (χ1n) is 9.40. The molecule has 0 unspecified atom stereocenters. The van der Waals surface area contributed by atoms with E-state index in [1.54, 1.807) is 12.1 Å². The highest BCUT2D eigenvalue weighted by molar-refractivity contribution is 7.92. The van der Waals surface area contributed by atoms with Gasteiger partial charge >= 0.3 is 0 Å². The van der Waals surface area contributed by atoms with Crippen LogP contribution in [0.15, 0.2) is 77.7 Å². The van der Waals surface area contributed by atoms with Crippen LogP contribution < -0.4 is 14.8 Å². The van der Waals surface area contributed by atoms with Crippen molar-refractivity contribution in [3.63, 3.8) is 0 Å². The van der Waals surface area contributed by atoms with E-state index in [0.717, 1.165) is 5.75 Å². The summed E-state index contributed by atoms with van der Waals surface area (Å²) in [7, 11) is -3.86. The molecule has 0 heterocycles. The van der Waals surface area contributed by atoms with Gasteiger partial charge in [-0.3, -0.25) is 9.52 Å². The van der Waals surface area contributed by atoms with Gasteiger partial charge in [-0.25, -0.2) is 8.42 Å². The van der Waals surface area contributed by atoms with Gasteiger partial charge in [-0.05, 0) is 55.0 Å². The van der Waals surface area contributed by atoms with Gasteiger partial charge in [-0.15, -0.1) is 0 Å². The summed E-state index contributed by atoms with van der Waals surface area (Å²) in [6.07, 6.45) is 0.833. The quantitative estimate of drug-likeness (QED) is 0.392. The molecule has 162 valence electrons. The lowest BCUT2D eigenvalue weighted by atomic mass is 10.2. The van der Waals surface area contributed by atoms with E-state index in [1.165, 1.54) is 30.3 Å². The minimum Gasteiger partial charge on any atom is -0.494 e. The summed E-state index contributed by atoms with van der Waals surface area (Å²) in [5.41, 5.74) is 0.679. The van der Waals surface area contributed by atoms with Gasteiger partial charge in [0, 0.05) is 12.1 Å². The van der Waals surface area contributed by atoms with E-state index in [2.05, 4.69) is 10.0 Å². The third-order valence-corrected chi connectivity index (χ3v) is 6.40. The number of ether oxygens (including phenoxy) is 1. The van der Waals surface area contributed by atoms with Gasteiger partial charge in [-0.1, -0.05) is 47.5 Å². The van der Waals surface area contributed by atoms with Crippen molar-refractivity contribution in [3.8, 4) is 5.75 Å². The minimum absolute atomic E-state index is 0.0257. The number of hydrogen-bond acceptors (Lipinski definition) is 4. The fourth-order valence-electron chi connectivity index (χ4n) is 2.67. The summed E-state index contributed by atoms with van der Waals surface area (Å²) in [5, 5.41) is 3.10. The van der Waals surface area contributed by atoms with Crippen molar-refractivity contribution in [2.45, 2.75) is 17.7 Å². The van der Waals surface area contributed by atoms with E-state index in [9.17, 15) is 13.2 Å². The second-order valence-corrected chi connectivity index (χ2v) is 9.01. The Hall–Kier alpha value is -2.74. The molecule has 0 spiro atoms. The molecule has 3 rings (SSSR count). The molecule has 0 aliphatic carbocycles. The molecule has 0 atom stereocenters. The van der Waals surface area contributed by atoms with Crippen molar-refractivity contribution in [2.75, 3.05) is 16.6 Å². The lowest BCUT2D eigenvalue weighted by molar-refractivity contribution is -0.116. The molecule has 31 heavy (non-hydrogen) atoms. The Labute approximate surface area is 191 Å². The first-order valence-corrected chi connectivity index (χ1v) is 11.6. The molecule has 3 aromatic carbocycles. The monoisotopic (exact) mass is 478 g/mol. The van der Waals surface area contributed by atoms with Crippen LogP contribution in [0.2, 0.25) is 10.0 Å². The van der Waals surface area contributed by atoms with Gasteiger partial charge in [0.2, 0.25) is 5.91 Å². The highest BCUT2D eigenvalue weighted by atomic mass is 35.5. The van der Waals surface area contributed by atoms with Crippen LogP contribution >= 0.6 is 23.2 Å². The molecule has 1 amide bonds. The summed E-state index contributed by atoms with van der Waals surface area (Å²) in [6.45, 7) is 0.423. The largest absolute Gasteiger partial charge is 0.494 e. The Morgan fingerprint density at radius 1 is 0.903 bits per heavy atom. The van der Waals surface area contributed by atoms with Crippen molar-refractivity contribution in [1.82, 2.24) is 0 Å². The Morgan fingerprint density at radius 2 is 1.61 bits per heavy atom. The van der Waals surface area contributed by atoms with Crippen LogP contribution in [0.3, 0.4) is 0 Å². The Morgan fingerprint density at radius 3 is 2.32 bits per heavy atom. The Bertz CT molecular complexity index is 1140. The normalized spacial score (nSPS) is 11.0. The molecule has 0 radical (unpaired) electrons. The highest BCUT2D eigenvalue weighted by Crippen LogP contribution is 2.31. The van der Waals surface area contributed by atoms with Crippen molar-refractivity contribution in [3.05, 3.63) is 82.8 Å². The molecule has 0 saturated carbocycles. The molecule has 0 aliphatic rings. The summed E-state index contributed by atoms with van der Waals surface area (Å²) in [4.78, 5) is 12.1. The second-order valence-electron chi connectivity index (χ2n) is 6.54. The average molecular weight is 479 g/mol. The summed E-state index contributed by atoms with van der Waals surface area (Å²) < 4.78 is 33.1. The van der Waals surface area contributed by atoms with Crippen LogP contribution in [0.4, 0.5) is 11.4 Å². The van der Waals surface area contributed by atoms with Crippen LogP contribution in [-0.2, 0) is 14.8 Å². The number of anilines is 2. The van der Waals surface area contributed by atoms with Gasteiger partial charge in [-0.2, -0.15) is 0 Å². The fourth-order valence-corrected chi connectivity index (χ4v) is 4.14. The predicted molar refractivity (Wildman–Crippen MR) is 124 cm³/mol. The fraction of sp³-hybridized carbons (Fsp3) is 0.136. The molecule has 9 heteroatoms. The summed E-state index contributed by atoms with van der Waals surface area (Å²) >= 11 is 12.0. The molecule has 3 aromatic rings. The smallest absolute Gasteiger partial charge is 0.261 e. The zero-order valence-electron chi connectivity index (χ0n) is 16.3. The minimum atomic E-state index is -3.86. The van der Waals surface area contributed by atoms with Crippen molar-refractivity contribution < 1.29 is 17.9 Å². The average Bonchev–Trinajstić information content (AvgIpc) is 2.75. The number of carbonyl (C=O) groups is 1. The lowest BCUT2D eigenvalue weighted by Gasteiger charge is -2.11. The molecular weight excluding hydrogens is 459 g/mol. The third kappa shape index (κ3) is 6.62. The summed E-state index contributed by atoms with van der Waals surface area (Å²) in [6, 6.07) is 19.9. The number of sulfonamides is 1.